The van der Waals surface area contributed by atoms with E-state index in [0.29, 0.717) is 5.65 Å². The molecule has 2 aromatic heterocycles. The second-order valence-corrected chi connectivity index (χ2v) is 3.71. The second kappa shape index (κ2) is 3.46. The van der Waals surface area contributed by atoms with Crippen molar-refractivity contribution in [2.45, 2.75) is 19.8 Å². The molecule has 0 bridgehead atoms. The number of aromatic nitrogens is 3. The standard InChI is InChI=1S/C11H13N3O/c1-7(8(2)15)11-13-10-9(14(11)3)5-4-6-12-10/h4-7H,1-3H3. The second-order valence-electron chi connectivity index (χ2n) is 3.71. The highest BCUT2D eigenvalue weighted by molar-refractivity contribution is 5.83. The average Bonchev–Trinajstić information content (AvgIpc) is 2.56. The third-order valence-corrected chi connectivity index (χ3v) is 2.69. The van der Waals surface area contributed by atoms with Crippen LogP contribution in [-0.2, 0) is 11.8 Å². The summed E-state index contributed by atoms with van der Waals surface area (Å²) in [4.78, 5) is 19.8. The first-order valence-electron chi connectivity index (χ1n) is 4.89. The number of pyridine rings is 1. The molecule has 2 aromatic rings. The van der Waals surface area contributed by atoms with Crippen LogP contribution in [0.4, 0.5) is 0 Å². The summed E-state index contributed by atoms with van der Waals surface area (Å²) in [6.07, 6.45) is 1.71. The molecular formula is C11H13N3O. The molecule has 0 fully saturated rings. The number of ketones is 1. The van der Waals surface area contributed by atoms with E-state index in [1.807, 2.05) is 30.7 Å². The highest BCUT2D eigenvalue weighted by Gasteiger charge is 2.18. The lowest BCUT2D eigenvalue weighted by atomic mass is 10.1. The number of carbonyl (C=O) groups excluding carboxylic acids is 1. The maximum Gasteiger partial charge on any atom is 0.177 e. The summed E-state index contributed by atoms with van der Waals surface area (Å²) in [5.74, 6) is 0.716. The molecule has 1 unspecified atom stereocenters. The van der Waals surface area contributed by atoms with Crippen molar-refractivity contribution >= 4 is 16.9 Å². The number of aryl methyl sites for hydroxylation is 1. The Morgan fingerprint density at radius 2 is 2.27 bits per heavy atom. The monoisotopic (exact) mass is 203 g/mol. The van der Waals surface area contributed by atoms with E-state index in [4.69, 9.17) is 0 Å². The molecule has 0 spiro atoms. The molecule has 0 N–H and O–H groups in total. The summed E-state index contributed by atoms with van der Waals surface area (Å²) < 4.78 is 1.92. The minimum absolute atomic E-state index is 0.119. The number of nitrogens with zero attached hydrogens (tertiary/aromatic N) is 3. The molecule has 78 valence electrons. The fourth-order valence-electron chi connectivity index (χ4n) is 1.61. The van der Waals surface area contributed by atoms with E-state index in [-0.39, 0.29) is 11.7 Å². The van der Waals surface area contributed by atoms with Crippen molar-refractivity contribution < 1.29 is 4.79 Å². The van der Waals surface area contributed by atoms with Crippen molar-refractivity contribution in [3.63, 3.8) is 0 Å². The maximum absolute atomic E-state index is 11.3. The van der Waals surface area contributed by atoms with Crippen molar-refractivity contribution in [2.75, 3.05) is 0 Å². The predicted octanol–water partition coefficient (Wildman–Crippen LogP) is 1.66. The number of Topliss-reactive ketones (excluding diaryl/α,β-unsaturated/α-hetero) is 1. The Kier molecular flexibility index (Phi) is 2.26. The molecule has 4 heteroatoms. The summed E-state index contributed by atoms with van der Waals surface area (Å²) in [6, 6.07) is 3.82. The average molecular weight is 203 g/mol. The van der Waals surface area contributed by atoms with Gasteiger partial charge in [0.2, 0.25) is 0 Å². The molecule has 0 amide bonds. The number of rotatable bonds is 2. The lowest BCUT2D eigenvalue weighted by Crippen LogP contribution is -2.10. The van der Waals surface area contributed by atoms with Gasteiger partial charge in [-0.05, 0) is 26.0 Å². The molecular weight excluding hydrogens is 190 g/mol. The van der Waals surface area contributed by atoms with Crippen LogP contribution in [-0.4, -0.2) is 20.3 Å². The minimum atomic E-state index is -0.177. The highest BCUT2D eigenvalue weighted by atomic mass is 16.1. The van der Waals surface area contributed by atoms with Gasteiger partial charge in [-0.2, -0.15) is 0 Å². The molecule has 0 aliphatic rings. The molecule has 0 radical (unpaired) electrons. The Hall–Kier alpha value is -1.71. The summed E-state index contributed by atoms with van der Waals surface area (Å²) in [7, 11) is 1.91. The Bertz CT molecular complexity index is 516. The van der Waals surface area contributed by atoms with Crippen molar-refractivity contribution in [2.24, 2.45) is 7.05 Å². The normalized spacial score (nSPS) is 13.0. The smallest absolute Gasteiger partial charge is 0.177 e. The van der Waals surface area contributed by atoms with Crippen molar-refractivity contribution in [1.29, 1.82) is 0 Å². The number of hydrogen-bond donors (Lipinski definition) is 0. The van der Waals surface area contributed by atoms with Gasteiger partial charge in [-0.25, -0.2) is 9.97 Å². The van der Waals surface area contributed by atoms with Crippen LogP contribution in [0.25, 0.3) is 11.2 Å². The van der Waals surface area contributed by atoms with Crippen LogP contribution in [0.2, 0.25) is 0 Å². The van der Waals surface area contributed by atoms with Gasteiger partial charge >= 0.3 is 0 Å². The zero-order valence-electron chi connectivity index (χ0n) is 9.06. The van der Waals surface area contributed by atoms with Crippen molar-refractivity contribution in [1.82, 2.24) is 14.5 Å². The predicted molar refractivity (Wildman–Crippen MR) is 57.6 cm³/mol. The lowest BCUT2D eigenvalue weighted by Gasteiger charge is -2.06. The van der Waals surface area contributed by atoms with E-state index in [0.717, 1.165) is 11.3 Å². The fraction of sp³-hybridized carbons (Fsp3) is 0.364. The van der Waals surface area contributed by atoms with Crippen LogP contribution in [0.5, 0.6) is 0 Å². The van der Waals surface area contributed by atoms with Crippen molar-refractivity contribution in [3.8, 4) is 0 Å². The molecule has 0 aromatic carbocycles. The molecule has 0 saturated heterocycles. The number of imidazole rings is 1. The van der Waals surface area contributed by atoms with Crippen LogP contribution in [0.3, 0.4) is 0 Å². The van der Waals surface area contributed by atoms with Crippen LogP contribution < -0.4 is 0 Å². The van der Waals surface area contributed by atoms with Gasteiger partial charge in [-0.15, -0.1) is 0 Å². The Morgan fingerprint density at radius 3 is 2.87 bits per heavy atom. The Balaban J connectivity index is 2.63. The fourth-order valence-corrected chi connectivity index (χ4v) is 1.61. The molecule has 2 rings (SSSR count). The van der Waals surface area contributed by atoms with E-state index >= 15 is 0 Å². The van der Waals surface area contributed by atoms with E-state index in [1.54, 1.807) is 13.1 Å². The van der Waals surface area contributed by atoms with E-state index in [2.05, 4.69) is 9.97 Å². The van der Waals surface area contributed by atoms with Gasteiger partial charge in [-0.1, -0.05) is 0 Å². The van der Waals surface area contributed by atoms with Gasteiger partial charge in [0.15, 0.2) is 5.65 Å². The summed E-state index contributed by atoms with van der Waals surface area (Å²) in [5, 5.41) is 0. The zero-order chi connectivity index (χ0) is 11.0. The SMILES string of the molecule is CC(=O)C(C)c1nc2ncccc2n1C. The van der Waals surface area contributed by atoms with Gasteiger partial charge in [0.25, 0.3) is 0 Å². The number of fused-ring (bicyclic) bond motifs is 1. The van der Waals surface area contributed by atoms with Gasteiger partial charge in [-0.3, -0.25) is 4.79 Å². The largest absolute Gasteiger partial charge is 0.329 e. The first kappa shape index (κ1) is 9.83. The van der Waals surface area contributed by atoms with Gasteiger partial charge < -0.3 is 4.57 Å². The molecule has 2 heterocycles. The molecule has 0 aliphatic carbocycles. The molecule has 0 saturated carbocycles. The van der Waals surface area contributed by atoms with E-state index in [9.17, 15) is 4.79 Å². The van der Waals surface area contributed by atoms with Gasteiger partial charge in [0, 0.05) is 13.2 Å². The summed E-state index contributed by atoms with van der Waals surface area (Å²) in [6.45, 7) is 3.45. The van der Waals surface area contributed by atoms with E-state index in [1.165, 1.54) is 0 Å². The van der Waals surface area contributed by atoms with Gasteiger partial charge in [0.05, 0.1) is 11.4 Å². The van der Waals surface area contributed by atoms with E-state index < -0.39 is 0 Å². The third-order valence-electron chi connectivity index (χ3n) is 2.69. The first-order valence-corrected chi connectivity index (χ1v) is 4.89. The van der Waals surface area contributed by atoms with Crippen LogP contribution in [0, 0.1) is 0 Å². The third kappa shape index (κ3) is 1.52. The molecule has 4 nitrogen and oxygen atoms in total. The zero-order valence-corrected chi connectivity index (χ0v) is 9.06. The molecule has 1 atom stereocenters. The topological polar surface area (TPSA) is 47.8 Å². The first-order chi connectivity index (χ1) is 7.11. The highest BCUT2D eigenvalue weighted by Crippen LogP contribution is 2.19. The number of hydrogen-bond acceptors (Lipinski definition) is 3. The minimum Gasteiger partial charge on any atom is -0.329 e. The van der Waals surface area contributed by atoms with Crippen LogP contribution in [0.15, 0.2) is 18.3 Å². The van der Waals surface area contributed by atoms with Crippen LogP contribution in [0.1, 0.15) is 25.6 Å². The quantitative estimate of drug-likeness (QED) is 0.745. The Morgan fingerprint density at radius 1 is 1.53 bits per heavy atom. The molecule has 15 heavy (non-hydrogen) atoms. The summed E-state index contributed by atoms with van der Waals surface area (Å²) in [5.41, 5.74) is 1.66. The number of carbonyl (C=O) groups is 1. The summed E-state index contributed by atoms with van der Waals surface area (Å²) >= 11 is 0. The van der Waals surface area contributed by atoms with Crippen molar-refractivity contribution in [3.05, 3.63) is 24.2 Å². The molecule has 0 aliphatic heterocycles. The maximum atomic E-state index is 11.3. The van der Waals surface area contributed by atoms with Crippen LogP contribution >= 0.6 is 0 Å². The lowest BCUT2D eigenvalue weighted by molar-refractivity contribution is -0.118. The Labute approximate surface area is 88.0 Å². The van der Waals surface area contributed by atoms with Gasteiger partial charge in [0.1, 0.15) is 11.6 Å².